The average molecular weight is 440 g/mol. The van der Waals surface area contributed by atoms with Crippen LogP contribution in [0.3, 0.4) is 0 Å². The number of rotatable bonds is 7. The van der Waals surface area contributed by atoms with Crippen molar-refractivity contribution in [2.75, 3.05) is 6.61 Å². The zero-order valence-electron chi connectivity index (χ0n) is 18.3. The number of carbonyl (C=O) groups excluding carboxylic acids is 2. The van der Waals surface area contributed by atoms with Gasteiger partial charge in [-0.15, -0.1) is 0 Å². The van der Waals surface area contributed by atoms with Crippen molar-refractivity contribution in [3.63, 3.8) is 0 Å². The number of hydrogen-bond donors (Lipinski definition) is 2. The highest BCUT2D eigenvalue weighted by molar-refractivity contribution is 6.13. The quantitative estimate of drug-likeness (QED) is 0.247. The van der Waals surface area contributed by atoms with Crippen molar-refractivity contribution in [3.8, 4) is 0 Å². The first-order valence-electron chi connectivity index (χ1n) is 10.9. The molecule has 0 aliphatic carbocycles. The number of ether oxygens (including phenoxy) is 1. The van der Waals surface area contributed by atoms with Gasteiger partial charge in [0, 0.05) is 12.0 Å². The molecule has 1 atom stereocenters. The maximum absolute atomic E-state index is 12.9. The molecule has 6 heteroatoms. The van der Waals surface area contributed by atoms with Gasteiger partial charge in [-0.25, -0.2) is 10.2 Å². The molecule has 0 saturated carbocycles. The van der Waals surface area contributed by atoms with E-state index in [1.54, 1.807) is 13.1 Å². The van der Waals surface area contributed by atoms with E-state index in [4.69, 9.17) is 4.74 Å². The largest absolute Gasteiger partial charge is 0.450 e. The van der Waals surface area contributed by atoms with Gasteiger partial charge in [-0.1, -0.05) is 78.9 Å². The fourth-order valence-electron chi connectivity index (χ4n) is 3.80. The second-order valence-corrected chi connectivity index (χ2v) is 7.57. The molecule has 0 heterocycles. The Bertz CT molecular complexity index is 1250. The van der Waals surface area contributed by atoms with Crippen LogP contribution < -0.4 is 10.7 Å². The third-order valence-electron chi connectivity index (χ3n) is 5.35. The predicted molar refractivity (Wildman–Crippen MR) is 131 cm³/mol. The standard InChI is InChI=1S/C27H25N3O3/c1-2-33-27(32)29-25(16-19-10-4-3-5-11-19)26(31)30-28-18-24-22-14-8-6-12-20(22)17-21-13-7-9-15-23(21)24/h3-15,17-18,25H,2,16H2,1H3,(H,29,32)(H,30,31)/b28-18-/t25-/m1/s1. The van der Waals surface area contributed by atoms with E-state index < -0.39 is 18.0 Å². The van der Waals surface area contributed by atoms with Crippen molar-refractivity contribution in [3.05, 3.63) is 96.1 Å². The van der Waals surface area contributed by atoms with Crippen LogP contribution in [0.1, 0.15) is 18.1 Å². The van der Waals surface area contributed by atoms with Crippen LogP contribution in [0.5, 0.6) is 0 Å². The van der Waals surface area contributed by atoms with Gasteiger partial charge < -0.3 is 10.1 Å². The summed E-state index contributed by atoms with van der Waals surface area (Å²) in [6.07, 6.45) is 1.34. The van der Waals surface area contributed by atoms with E-state index in [-0.39, 0.29) is 6.61 Å². The van der Waals surface area contributed by atoms with Gasteiger partial charge in [-0.05, 0) is 40.1 Å². The molecule has 0 aliphatic heterocycles. The van der Waals surface area contributed by atoms with E-state index in [0.29, 0.717) is 6.42 Å². The summed E-state index contributed by atoms with van der Waals surface area (Å²) in [5.41, 5.74) is 4.42. The van der Waals surface area contributed by atoms with E-state index in [2.05, 4.69) is 34.0 Å². The Morgan fingerprint density at radius 2 is 1.52 bits per heavy atom. The SMILES string of the molecule is CCOC(=O)N[C@H](Cc1ccccc1)C(=O)N/N=C\c1c2ccccc2cc2ccccc12. The molecule has 33 heavy (non-hydrogen) atoms. The van der Waals surface area contributed by atoms with Crippen molar-refractivity contribution < 1.29 is 14.3 Å². The maximum Gasteiger partial charge on any atom is 0.407 e. The van der Waals surface area contributed by atoms with E-state index >= 15 is 0 Å². The van der Waals surface area contributed by atoms with Gasteiger partial charge in [0.15, 0.2) is 0 Å². The van der Waals surface area contributed by atoms with Crippen molar-refractivity contribution in [1.29, 1.82) is 0 Å². The normalized spacial score (nSPS) is 12.0. The molecular formula is C27H25N3O3. The number of hydrogen-bond acceptors (Lipinski definition) is 4. The highest BCUT2D eigenvalue weighted by atomic mass is 16.5. The van der Waals surface area contributed by atoms with Gasteiger partial charge in [0.1, 0.15) is 6.04 Å². The molecule has 2 amide bonds. The molecule has 0 fully saturated rings. The van der Waals surface area contributed by atoms with Gasteiger partial charge in [-0.2, -0.15) is 5.10 Å². The topological polar surface area (TPSA) is 79.8 Å². The zero-order chi connectivity index (χ0) is 23.0. The first-order chi connectivity index (χ1) is 16.2. The summed E-state index contributed by atoms with van der Waals surface area (Å²) in [6, 6.07) is 26.9. The van der Waals surface area contributed by atoms with Crippen LogP contribution in [0.2, 0.25) is 0 Å². The number of carbonyl (C=O) groups is 2. The van der Waals surface area contributed by atoms with Gasteiger partial charge in [0.25, 0.3) is 5.91 Å². The summed E-state index contributed by atoms with van der Waals surface area (Å²) in [7, 11) is 0. The average Bonchev–Trinajstić information content (AvgIpc) is 2.84. The summed E-state index contributed by atoms with van der Waals surface area (Å²) in [6.45, 7) is 1.93. The lowest BCUT2D eigenvalue weighted by Crippen LogP contribution is -2.47. The smallest absolute Gasteiger partial charge is 0.407 e. The Balaban J connectivity index is 1.58. The van der Waals surface area contributed by atoms with Gasteiger partial charge in [-0.3, -0.25) is 4.79 Å². The zero-order valence-corrected chi connectivity index (χ0v) is 18.3. The monoisotopic (exact) mass is 439 g/mol. The minimum absolute atomic E-state index is 0.220. The van der Waals surface area contributed by atoms with Crippen molar-refractivity contribution in [1.82, 2.24) is 10.7 Å². The van der Waals surface area contributed by atoms with Gasteiger partial charge >= 0.3 is 6.09 Å². The number of alkyl carbamates (subject to hydrolysis) is 1. The highest BCUT2D eigenvalue weighted by Gasteiger charge is 2.21. The van der Waals surface area contributed by atoms with Crippen LogP contribution in [-0.2, 0) is 16.0 Å². The molecule has 4 aromatic rings. The lowest BCUT2D eigenvalue weighted by Gasteiger charge is -2.17. The molecular weight excluding hydrogens is 414 g/mol. The molecule has 0 aliphatic rings. The third kappa shape index (κ3) is 5.36. The molecule has 4 rings (SSSR count). The third-order valence-corrected chi connectivity index (χ3v) is 5.35. The first kappa shape index (κ1) is 22.0. The Kier molecular flexibility index (Phi) is 6.95. The van der Waals surface area contributed by atoms with Gasteiger partial charge in [0.05, 0.1) is 12.8 Å². The van der Waals surface area contributed by atoms with Crippen LogP contribution in [-0.4, -0.2) is 30.9 Å². The molecule has 0 unspecified atom stereocenters. The molecule has 0 radical (unpaired) electrons. The van der Waals surface area contributed by atoms with Crippen LogP contribution in [0, 0.1) is 0 Å². The summed E-state index contributed by atoms with van der Waals surface area (Å²) in [5, 5.41) is 11.1. The molecule has 0 aromatic heterocycles. The van der Waals surface area contributed by atoms with Crippen LogP contribution >= 0.6 is 0 Å². The lowest BCUT2D eigenvalue weighted by molar-refractivity contribution is -0.123. The van der Waals surface area contributed by atoms with Crippen molar-refractivity contribution >= 4 is 39.8 Å². The molecule has 6 nitrogen and oxygen atoms in total. The molecule has 0 saturated heterocycles. The fraction of sp³-hybridized carbons (Fsp3) is 0.148. The summed E-state index contributed by atoms with van der Waals surface area (Å²) < 4.78 is 4.96. The summed E-state index contributed by atoms with van der Waals surface area (Å²) in [4.78, 5) is 24.9. The molecule has 2 N–H and O–H groups in total. The summed E-state index contributed by atoms with van der Waals surface area (Å²) in [5.74, 6) is -0.423. The van der Waals surface area contributed by atoms with Gasteiger partial charge in [0.2, 0.25) is 0 Å². The van der Waals surface area contributed by atoms with Crippen LogP contribution in [0.15, 0.2) is 90.0 Å². The fourth-order valence-corrected chi connectivity index (χ4v) is 3.80. The van der Waals surface area contributed by atoms with E-state index in [0.717, 1.165) is 32.7 Å². The number of fused-ring (bicyclic) bond motifs is 2. The maximum atomic E-state index is 12.9. The predicted octanol–water partition coefficient (Wildman–Crippen LogP) is 4.80. The number of nitrogens with zero attached hydrogens (tertiary/aromatic N) is 1. The highest BCUT2D eigenvalue weighted by Crippen LogP contribution is 2.27. The Labute approximate surface area is 192 Å². The van der Waals surface area contributed by atoms with Crippen LogP contribution in [0.4, 0.5) is 4.79 Å². The number of benzene rings is 4. The lowest BCUT2D eigenvalue weighted by atomic mass is 9.97. The number of hydrazone groups is 1. The number of amides is 2. The minimum atomic E-state index is -0.826. The van der Waals surface area contributed by atoms with E-state index in [1.807, 2.05) is 66.7 Å². The molecule has 4 aromatic carbocycles. The first-order valence-corrected chi connectivity index (χ1v) is 10.9. The minimum Gasteiger partial charge on any atom is -0.450 e. The Morgan fingerprint density at radius 1 is 0.909 bits per heavy atom. The molecule has 0 bridgehead atoms. The van der Waals surface area contributed by atoms with E-state index in [9.17, 15) is 9.59 Å². The Morgan fingerprint density at radius 3 is 2.15 bits per heavy atom. The van der Waals surface area contributed by atoms with E-state index in [1.165, 1.54) is 0 Å². The number of nitrogens with one attached hydrogen (secondary N) is 2. The second-order valence-electron chi connectivity index (χ2n) is 7.57. The second kappa shape index (κ2) is 10.4. The van der Waals surface area contributed by atoms with Crippen LogP contribution in [0.25, 0.3) is 21.5 Å². The Hall–Kier alpha value is -4.19. The van der Waals surface area contributed by atoms with Crippen molar-refractivity contribution in [2.24, 2.45) is 5.10 Å². The molecule has 0 spiro atoms. The summed E-state index contributed by atoms with van der Waals surface area (Å²) >= 11 is 0. The van der Waals surface area contributed by atoms with Crippen molar-refractivity contribution in [2.45, 2.75) is 19.4 Å². The molecule has 166 valence electrons.